The molecule has 0 spiro atoms. The highest BCUT2D eigenvalue weighted by Gasteiger charge is 2.56. The van der Waals surface area contributed by atoms with Crippen LogP contribution in [0.1, 0.15) is 55.4 Å². The van der Waals surface area contributed by atoms with Crippen LogP contribution >= 0.6 is 0 Å². The van der Waals surface area contributed by atoms with Crippen molar-refractivity contribution in [3.8, 4) is 0 Å². The van der Waals surface area contributed by atoms with E-state index in [2.05, 4.69) is 75.9 Å². The molecule has 0 aliphatic carbocycles. The van der Waals surface area contributed by atoms with Crippen molar-refractivity contribution in [3.63, 3.8) is 0 Å². The summed E-state index contributed by atoms with van der Waals surface area (Å²) in [7, 11) is 4.00. The molecule has 0 aromatic rings. The Kier molecular flexibility index (Phi) is 10.9. The maximum atomic E-state index is 13.4. The molecule has 6 heteroatoms. The summed E-state index contributed by atoms with van der Waals surface area (Å²) < 4.78 is 0. The van der Waals surface area contributed by atoms with Gasteiger partial charge in [-0.3, -0.25) is 19.9 Å². The van der Waals surface area contributed by atoms with Crippen molar-refractivity contribution < 1.29 is 4.79 Å². The monoisotopic (exact) mass is 371 g/mol. The first-order chi connectivity index (χ1) is 12.1. The van der Waals surface area contributed by atoms with Crippen LogP contribution in [0.15, 0.2) is 0 Å². The third kappa shape index (κ3) is 5.41. The van der Waals surface area contributed by atoms with Crippen LogP contribution in [0.2, 0.25) is 0 Å². The average molecular weight is 372 g/mol. The predicted molar refractivity (Wildman–Crippen MR) is 112 cm³/mol. The average Bonchev–Trinajstić information content (AvgIpc) is 2.61. The summed E-state index contributed by atoms with van der Waals surface area (Å²) in [5.41, 5.74) is -0.636. The Labute approximate surface area is 162 Å². The van der Waals surface area contributed by atoms with Crippen molar-refractivity contribution in [2.45, 2.75) is 61.2 Å². The van der Waals surface area contributed by atoms with Gasteiger partial charge in [-0.1, -0.05) is 34.6 Å². The van der Waals surface area contributed by atoms with Gasteiger partial charge in [0.25, 0.3) is 0 Å². The summed E-state index contributed by atoms with van der Waals surface area (Å²) in [5.74, 6) is 0.0717. The van der Waals surface area contributed by atoms with Crippen LogP contribution in [-0.2, 0) is 4.79 Å². The van der Waals surface area contributed by atoms with E-state index in [0.29, 0.717) is 19.1 Å². The van der Waals surface area contributed by atoms with Crippen LogP contribution in [0, 0.1) is 11.3 Å². The van der Waals surface area contributed by atoms with Crippen molar-refractivity contribution in [2.75, 3.05) is 53.5 Å². The molecular formula is C20H45N5O. The van der Waals surface area contributed by atoms with Gasteiger partial charge in [0, 0.05) is 20.1 Å². The Bertz CT molecular complexity index is 409. The van der Waals surface area contributed by atoms with Crippen molar-refractivity contribution in [2.24, 2.45) is 11.3 Å². The Morgan fingerprint density at radius 2 is 1.54 bits per heavy atom. The highest BCUT2D eigenvalue weighted by atomic mass is 16.2. The van der Waals surface area contributed by atoms with Gasteiger partial charge >= 0.3 is 0 Å². The van der Waals surface area contributed by atoms with Crippen LogP contribution in [0.25, 0.3) is 0 Å². The predicted octanol–water partition coefficient (Wildman–Crippen LogP) is 2.23. The van der Waals surface area contributed by atoms with E-state index in [9.17, 15) is 4.79 Å². The number of carbonyl (C=O) groups is 1. The fraction of sp³-hybridized carbons (Fsp3) is 0.950. The molecule has 0 heterocycles. The third-order valence-corrected chi connectivity index (χ3v) is 5.36. The summed E-state index contributed by atoms with van der Waals surface area (Å²) >= 11 is 0. The van der Waals surface area contributed by atoms with Crippen LogP contribution < -0.4 is 10.6 Å². The molecule has 156 valence electrons. The summed E-state index contributed by atoms with van der Waals surface area (Å²) in [5, 5.41) is 7.24. The first-order valence-electron chi connectivity index (χ1n) is 10.2. The molecular weight excluding hydrogens is 326 g/mol. The molecule has 0 aromatic heterocycles. The molecule has 0 radical (unpaired) electrons. The minimum absolute atomic E-state index is 0.159. The lowest BCUT2D eigenvalue weighted by molar-refractivity contribution is -0.179. The zero-order chi connectivity index (χ0) is 20.5. The van der Waals surface area contributed by atoms with Gasteiger partial charge < -0.3 is 10.2 Å². The van der Waals surface area contributed by atoms with E-state index in [4.69, 9.17) is 0 Å². The van der Waals surface area contributed by atoms with Gasteiger partial charge in [-0.05, 0) is 53.4 Å². The number of carbonyl (C=O) groups excluding carboxylic acids is 1. The van der Waals surface area contributed by atoms with Crippen LogP contribution in [0.5, 0.6) is 0 Å². The molecule has 0 rings (SSSR count). The van der Waals surface area contributed by atoms with Gasteiger partial charge in [-0.2, -0.15) is 0 Å². The van der Waals surface area contributed by atoms with Crippen molar-refractivity contribution in [1.82, 2.24) is 25.3 Å². The Balaban J connectivity index is 6.32. The SMILES string of the molecule is CCNCN(C)C(NCC(C)C)(N(CC)CC)C(C)(C)C(=O)N(C)CC. The maximum absolute atomic E-state index is 13.4. The lowest BCUT2D eigenvalue weighted by atomic mass is 9.79. The molecule has 0 bridgehead atoms. The minimum atomic E-state index is -0.636. The molecule has 6 nitrogen and oxygen atoms in total. The van der Waals surface area contributed by atoms with E-state index in [1.54, 1.807) is 0 Å². The summed E-state index contributed by atoms with van der Waals surface area (Å²) in [4.78, 5) is 19.9. The second-order valence-corrected chi connectivity index (χ2v) is 8.02. The van der Waals surface area contributed by atoms with Crippen LogP contribution in [0.3, 0.4) is 0 Å². The van der Waals surface area contributed by atoms with E-state index in [1.165, 1.54) is 0 Å². The minimum Gasteiger partial charge on any atom is -0.345 e. The first kappa shape index (κ1) is 25.3. The molecule has 0 aliphatic heterocycles. The standard InChI is InChI=1S/C20H45N5O/c1-11-21-16-24(10)20(22-15-17(5)6,25(13-3)14-4)19(7,8)18(26)23(9)12-2/h17,21-22H,11-16H2,1-10H3. The van der Waals surface area contributed by atoms with Gasteiger partial charge in [-0.25, -0.2) is 0 Å². The lowest BCUT2D eigenvalue weighted by Gasteiger charge is -2.57. The second kappa shape index (κ2) is 11.2. The second-order valence-electron chi connectivity index (χ2n) is 8.02. The van der Waals surface area contributed by atoms with Gasteiger partial charge in [-0.15, -0.1) is 0 Å². The van der Waals surface area contributed by atoms with E-state index in [-0.39, 0.29) is 5.91 Å². The zero-order valence-electron chi connectivity index (χ0n) is 19.1. The Hall–Kier alpha value is -0.690. The fourth-order valence-corrected chi connectivity index (χ4v) is 3.77. The van der Waals surface area contributed by atoms with E-state index in [0.717, 1.165) is 26.2 Å². The fourth-order valence-electron chi connectivity index (χ4n) is 3.77. The first-order valence-corrected chi connectivity index (χ1v) is 10.2. The number of amides is 1. The van der Waals surface area contributed by atoms with E-state index in [1.807, 2.05) is 18.9 Å². The highest BCUT2D eigenvalue weighted by Crippen LogP contribution is 2.38. The smallest absolute Gasteiger partial charge is 0.232 e. The topological polar surface area (TPSA) is 50.9 Å². The number of nitrogens with one attached hydrogen (secondary N) is 2. The van der Waals surface area contributed by atoms with E-state index < -0.39 is 11.2 Å². The van der Waals surface area contributed by atoms with Gasteiger partial charge in [0.2, 0.25) is 5.91 Å². The molecule has 1 unspecified atom stereocenters. The molecule has 0 saturated heterocycles. The summed E-state index contributed by atoms with van der Waals surface area (Å²) in [6.45, 7) is 21.9. The molecule has 0 aliphatic rings. The third-order valence-electron chi connectivity index (χ3n) is 5.36. The molecule has 2 N–H and O–H groups in total. The zero-order valence-corrected chi connectivity index (χ0v) is 19.1. The number of rotatable bonds is 13. The molecule has 1 amide bonds. The quantitative estimate of drug-likeness (QED) is 0.486. The van der Waals surface area contributed by atoms with Gasteiger partial charge in [0.1, 0.15) is 5.79 Å². The molecule has 26 heavy (non-hydrogen) atoms. The van der Waals surface area contributed by atoms with Crippen molar-refractivity contribution in [1.29, 1.82) is 0 Å². The number of hydrogen-bond acceptors (Lipinski definition) is 5. The number of hydrogen-bond donors (Lipinski definition) is 2. The molecule has 1 atom stereocenters. The lowest BCUT2D eigenvalue weighted by Crippen LogP contribution is -2.78. The molecule has 0 saturated carbocycles. The summed E-state index contributed by atoms with van der Waals surface area (Å²) in [6, 6.07) is 0. The Morgan fingerprint density at radius 3 is 1.92 bits per heavy atom. The Morgan fingerprint density at radius 1 is 1.00 bits per heavy atom. The summed E-state index contributed by atoms with van der Waals surface area (Å²) in [6.07, 6.45) is 0. The van der Waals surface area contributed by atoms with E-state index >= 15 is 0 Å². The van der Waals surface area contributed by atoms with Crippen LogP contribution in [-0.4, -0.2) is 79.9 Å². The maximum Gasteiger partial charge on any atom is 0.232 e. The van der Waals surface area contributed by atoms with Crippen LogP contribution in [0.4, 0.5) is 0 Å². The highest BCUT2D eigenvalue weighted by molar-refractivity contribution is 5.83. The van der Waals surface area contributed by atoms with Crippen molar-refractivity contribution >= 4 is 5.91 Å². The van der Waals surface area contributed by atoms with Crippen molar-refractivity contribution in [3.05, 3.63) is 0 Å². The molecule has 0 aromatic carbocycles. The largest absolute Gasteiger partial charge is 0.345 e. The molecule has 0 fully saturated rings. The van der Waals surface area contributed by atoms with Gasteiger partial charge in [0.15, 0.2) is 0 Å². The van der Waals surface area contributed by atoms with Gasteiger partial charge in [0.05, 0.1) is 12.1 Å². The normalized spacial score (nSPS) is 15.0. The number of nitrogens with zero attached hydrogens (tertiary/aromatic N) is 3.